The van der Waals surface area contributed by atoms with Gasteiger partial charge in [-0.3, -0.25) is 0 Å². The minimum atomic E-state index is 0.383. The smallest absolute Gasteiger partial charge is 0.204 e. The lowest BCUT2D eigenvalue weighted by Gasteiger charge is -2.20. The van der Waals surface area contributed by atoms with E-state index < -0.39 is 0 Å². The van der Waals surface area contributed by atoms with Crippen LogP contribution in [0.5, 0.6) is 0 Å². The Bertz CT molecular complexity index is 440. The molecule has 0 saturated carbocycles. The third-order valence-corrected chi connectivity index (χ3v) is 2.65. The number of hydrogen-bond acceptors (Lipinski definition) is 5. The van der Waals surface area contributed by atoms with Gasteiger partial charge in [0.15, 0.2) is 4.77 Å². The Balaban J connectivity index is 0.000000361. The molecule has 0 spiro atoms. The monoisotopic (exact) mass is 317 g/mol. The molecule has 0 radical (unpaired) electrons. The summed E-state index contributed by atoms with van der Waals surface area (Å²) in [6.07, 6.45) is 0. The Hall–Kier alpha value is -0.790. The Morgan fingerprint density at radius 2 is 1.60 bits per heavy atom. The molecule has 116 valence electrons. The van der Waals surface area contributed by atoms with Gasteiger partial charge in [0.25, 0.3) is 0 Å². The van der Waals surface area contributed by atoms with Crippen molar-refractivity contribution in [1.82, 2.24) is 19.9 Å². The highest BCUT2D eigenvalue weighted by Crippen LogP contribution is 1.99. The van der Waals surface area contributed by atoms with E-state index in [9.17, 15) is 0 Å². The fourth-order valence-electron chi connectivity index (χ4n) is 1.83. The summed E-state index contributed by atoms with van der Waals surface area (Å²) in [5.74, 6) is 2.17. The number of hydrogen-bond donors (Lipinski definition) is 3. The molecule has 0 unspecified atom stereocenters. The fraction of sp³-hybridized carbons (Fsp3) is 0.769. The van der Waals surface area contributed by atoms with Gasteiger partial charge in [0, 0.05) is 20.1 Å². The minimum Gasteiger partial charge on any atom is -0.359 e. The largest absolute Gasteiger partial charge is 0.359 e. The number of aromatic amines is 2. The van der Waals surface area contributed by atoms with Crippen molar-refractivity contribution in [2.24, 2.45) is 11.8 Å². The Kier molecular flexibility index (Phi) is 9.62. The van der Waals surface area contributed by atoms with E-state index in [1.54, 1.807) is 7.05 Å². The highest BCUT2D eigenvalue weighted by Gasteiger charge is 2.02. The molecular weight excluding hydrogens is 290 g/mol. The van der Waals surface area contributed by atoms with Gasteiger partial charge in [-0.05, 0) is 43.3 Å². The van der Waals surface area contributed by atoms with Crippen LogP contribution >= 0.6 is 24.4 Å². The summed E-state index contributed by atoms with van der Waals surface area (Å²) >= 11 is 9.56. The zero-order valence-electron chi connectivity index (χ0n) is 13.3. The van der Waals surface area contributed by atoms with E-state index in [4.69, 9.17) is 24.4 Å². The van der Waals surface area contributed by atoms with Crippen molar-refractivity contribution < 1.29 is 0 Å². The van der Waals surface area contributed by atoms with Crippen molar-refractivity contribution in [2.45, 2.75) is 27.7 Å². The summed E-state index contributed by atoms with van der Waals surface area (Å²) in [6.45, 7) is 11.5. The summed E-state index contributed by atoms with van der Waals surface area (Å²) in [4.78, 5) is 11.7. The van der Waals surface area contributed by atoms with Crippen molar-refractivity contribution in [3.8, 4) is 0 Å². The van der Waals surface area contributed by atoms with Crippen molar-refractivity contribution in [3.63, 3.8) is 0 Å². The molecule has 1 aromatic heterocycles. The number of rotatable bonds is 5. The van der Waals surface area contributed by atoms with Crippen LogP contribution in [-0.4, -0.2) is 47.0 Å². The summed E-state index contributed by atoms with van der Waals surface area (Å²) in [6, 6.07) is 0. The van der Waals surface area contributed by atoms with E-state index in [0.29, 0.717) is 15.5 Å². The van der Waals surface area contributed by atoms with E-state index in [2.05, 4.69) is 59.9 Å². The van der Waals surface area contributed by atoms with Gasteiger partial charge >= 0.3 is 0 Å². The average molecular weight is 318 g/mol. The van der Waals surface area contributed by atoms with Gasteiger partial charge in [-0.1, -0.05) is 27.7 Å². The lowest BCUT2D eigenvalue weighted by molar-refractivity contribution is 0.265. The van der Waals surface area contributed by atoms with Crippen LogP contribution in [0.1, 0.15) is 27.7 Å². The van der Waals surface area contributed by atoms with Gasteiger partial charge in [0.2, 0.25) is 10.7 Å². The maximum absolute atomic E-state index is 4.80. The maximum atomic E-state index is 4.80. The molecule has 0 atom stereocenters. The summed E-state index contributed by atoms with van der Waals surface area (Å²) in [7, 11) is 3.93. The van der Waals surface area contributed by atoms with Crippen LogP contribution in [-0.2, 0) is 0 Å². The first-order valence-electron chi connectivity index (χ1n) is 6.81. The van der Waals surface area contributed by atoms with Gasteiger partial charge in [0.1, 0.15) is 0 Å². The first-order chi connectivity index (χ1) is 9.24. The normalized spacial score (nSPS) is 10.7. The van der Waals surface area contributed by atoms with Crippen molar-refractivity contribution in [2.75, 3.05) is 32.5 Å². The van der Waals surface area contributed by atoms with E-state index in [1.165, 1.54) is 13.1 Å². The topological polar surface area (TPSA) is 59.7 Å². The maximum Gasteiger partial charge on any atom is 0.204 e. The van der Waals surface area contributed by atoms with Crippen molar-refractivity contribution in [1.29, 1.82) is 0 Å². The molecule has 1 aromatic rings. The molecule has 1 rings (SSSR count). The molecule has 0 fully saturated rings. The van der Waals surface area contributed by atoms with Crippen LogP contribution in [0, 0.1) is 21.4 Å². The number of anilines is 1. The second-order valence-corrected chi connectivity index (χ2v) is 6.40. The molecule has 0 aliphatic heterocycles. The van der Waals surface area contributed by atoms with E-state index in [1.807, 2.05) is 0 Å². The molecule has 0 aromatic carbocycles. The summed E-state index contributed by atoms with van der Waals surface area (Å²) < 4.78 is 0.859. The van der Waals surface area contributed by atoms with Crippen LogP contribution in [0.15, 0.2) is 0 Å². The van der Waals surface area contributed by atoms with Gasteiger partial charge in [-0.25, -0.2) is 0 Å². The van der Waals surface area contributed by atoms with Crippen LogP contribution in [0.2, 0.25) is 0 Å². The van der Waals surface area contributed by atoms with Gasteiger partial charge in [0.05, 0.1) is 0 Å². The Labute approximate surface area is 132 Å². The lowest BCUT2D eigenvalue weighted by atomic mass is 10.1. The second kappa shape index (κ2) is 10.0. The van der Waals surface area contributed by atoms with Crippen LogP contribution in [0.25, 0.3) is 0 Å². The quantitative estimate of drug-likeness (QED) is 0.726. The minimum absolute atomic E-state index is 0.383. The number of nitrogens with one attached hydrogen (secondary N) is 3. The molecular formula is C13H27N5S2. The second-order valence-electron chi connectivity index (χ2n) is 5.60. The highest BCUT2D eigenvalue weighted by molar-refractivity contribution is 7.71. The van der Waals surface area contributed by atoms with Crippen LogP contribution in [0.4, 0.5) is 5.95 Å². The SMILES string of the molecule is CC(C)CN(C)CC(C)C.CNc1nc(=S)[nH]c(=S)[nH]1. The molecule has 0 saturated heterocycles. The number of aromatic nitrogens is 3. The van der Waals surface area contributed by atoms with Crippen molar-refractivity contribution in [3.05, 3.63) is 9.54 Å². The van der Waals surface area contributed by atoms with Crippen LogP contribution < -0.4 is 5.32 Å². The standard InChI is InChI=1S/C9H21N.C4H6N4S2/c1-8(2)6-10(5)7-9(3)4;1-5-2-6-3(9)8-4(10)7-2/h8-9H,6-7H2,1-5H3;1H3,(H3,5,6,7,8,9,10). The zero-order chi connectivity index (χ0) is 15.7. The summed E-state index contributed by atoms with van der Waals surface area (Å²) in [5.41, 5.74) is 0. The van der Waals surface area contributed by atoms with Gasteiger partial charge in [-0.2, -0.15) is 4.98 Å². The number of H-pyrrole nitrogens is 2. The lowest BCUT2D eigenvalue weighted by Crippen LogP contribution is -2.27. The molecule has 7 heteroatoms. The Morgan fingerprint density at radius 3 is 1.95 bits per heavy atom. The molecule has 0 aliphatic rings. The molecule has 3 N–H and O–H groups in total. The first kappa shape index (κ1) is 19.2. The van der Waals surface area contributed by atoms with Gasteiger partial charge in [-0.15, -0.1) is 0 Å². The number of nitrogens with zero attached hydrogens (tertiary/aromatic N) is 2. The van der Waals surface area contributed by atoms with Gasteiger partial charge < -0.3 is 20.2 Å². The zero-order valence-corrected chi connectivity index (χ0v) is 14.9. The first-order valence-corrected chi connectivity index (χ1v) is 7.63. The van der Waals surface area contributed by atoms with E-state index >= 15 is 0 Å². The predicted octanol–water partition coefficient (Wildman–Crippen LogP) is 3.47. The Morgan fingerprint density at radius 1 is 1.10 bits per heavy atom. The molecule has 1 heterocycles. The molecule has 0 aliphatic carbocycles. The van der Waals surface area contributed by atoms with E-state index in [-0.39, 0.29) is 0 Å². The molecule has 0 amide bonds. The predicted molar refractivity (Wildman–Crippen MR) is 91.3 cm³/mol. The summed E-state index contributed by atoms with van der Waals surface area (Å²) in [5, 5.41) is 2.79. The van der Waals surface area contributed by atoms with E-state index in [0.717, 1.165) is 11.8 Å². The third kappa shape index (κ3) is 10.1. The fourth-order valence-corrected chi connectivity index (χ4v) is 2.28. The average Bonchev–Trinajstić information content (AvgIpc) is 2.25. The molecule has 5 nitrogen and oxygen atoms in total. The highest BCUT2D eigenvalue weighted by atomic mass is 32.1. The molecule has 20 heavy (non-hydrogen) atoms. The molecule has 0 bridgehead atoms. The van der Waals surface area contributed by atoms with Crippen LogP contribution in [0.3, 0.4) is 0 Å². The van der Waals surface area contributed by atoms with Crippen molar-refractivity contribution >= 4 is 30.4 Å². The third-order valence-electron chi connectivity index (χ3n) is 2.26.